The molecule has 1 aromatic carbocycles. The SMILES string of the molecule is CC(=O)N(CCN1CCOCC1)CC(=O)N1N=C(c2ccccc2F)C[C@@H]1c1cccs1. The number of ether oxygens (including phenoxy) is 1. The van der Waals surface area contributed by atoms with E-state index in [4.69, 9.17) is 4.74 Å². The number of nitrogens with zero attached hydrogens (tertiary/aromatic N) is 4. The maximum Gasteiger partial charge on any atom is 0.262 e. The van der Waals surface area contributed by atoms with Crippen molar-refractivity contribution in [2.24, 2.45) is 5.10 Å². The number of benzene rings is 1. The molecule has 0 saturated carbocycles. The van der Waals surface area contributed by atoms with Crippen LogP contribution >= 0.6 is 11.3 Å². The molecule has 2 aliphatic heterocycles. The lowest BCUT2D eigenvalue weighted by Gasteiger charge is -2.30. The first-order valence-electron chi connectivity index (χ1n) is 10.8. The van der Waals surface area contributed by atoms with Crippen molar-refractivity contribution >= 4 is 28.9 Å². The van der Waals surface area contributed by atoms with Gasteiger partial charge >= 0.3 is 0 Å². The Balaban J connectivity index is 1.50. The van der Waals surface area contributed by atoms with Crippen LogP contribution in [0.15, 0.2) is 46.9 Å². The molecule has 32 heavy (non-hydrogen) atoms. The largest absolute Gasteiger partial charge is 0.379 e. The highest BCUT2D eigenvalue weighted by Crippen LogP contribution is 2.35. The summed E-state index contributed by atoms with van der Waals surface area (Å²) in [5, 5.41) is 7.90. The van der Waals surface area contributed by atoms with Crippen LogP contribution in [0.25, 0.3) is 0 Å². The Kier molecular flexibility index (Phi) is 7.29. The van der Waals surface area contributed by atoms with E-state index in [0.717, 1.165) is 18.0 Å². The van der Waals surface area contributed by atoms with Crippen LogP contribution in [0.3, 0.4) is 0 Å². The molecular weight excluding hydrogens is 431 g/mol. The van der Waals surface area contributed by atoms with Crippen molar-refractivity contribution in [3.05, 3.63) is 58.0 Å². The Hall–Kier alpha value is -2.62. The molecular formula is C23H27FN4O3S. The van der Waals surface area contributed by atoms with Gasteiger partial charge in [-0.1, -0.05) is 24.3 Å². The monoisotopic (exact) mass is 458 g/mol. The summed E-state index contributed by atoms with van der Waals surface area (Å²) in [5.41, 5.74) is 0.942. The molecule has 1 aromatic heterocycles. The number of hydrogen-bond acceptors (Lipinski definition) is 6. The zero-order chi connectivity index (χ0) is 22.5. The van der Waals surface area contributed by atoms with Gasteiger partial charge in [-0.25, -0.2) is 9.40 Å². The van der Waals surface area contributed by atoms with Gasteiger partial charge in [0.1, 0.15) is 12.4 Å². The number of halogens is 1. The zero-order valence-electron chi connectivity index (χ0n) is 18.1. The Labute approximate surface area is 191 Å². The summed E-state index contributed by atoms with van der Waals surface area (Å²) < 4.78 is 19.7. The van der Waals surface area contributed by atoms with Crippen molar-refractivity contribution in [3.8, 4) is 0 Å². The summed E-state index contributed by atoms with van der Waals surface area (Å²) in [6.07, 6.45) is 0.432. The first-order valence-corrected chi connectivity index (χ1v) is 11.6. The summed E-state index contributed by atoms with van der Waals surface area (Å²) in [7, 11) is 0. The highest BCUT2D eigenvalue weighted by molar-refractivity contribution is 7.10. The number of rotatable bonds is 7. The fraction of sp³-hybridized carbons (Fsp3) is 0.435. The number of morpholine rings is 1. The second-order valence-electron chi connectivity index (χ2n) is 7.89. The molecule has 1 saturated heterocycles. The molecule has 0 aliphatic carbocycles. The van der Waals surface area contributed by atoms with Gasteiger partial charge in [0.15, 0.2) is 0 Å². The van der Waals surface area contributed by atoms with E-state index in [1.54, 1.807) is 23.1 Å². The molecule has 0 unspecified atom stereocenters. The van der Waals surface area contributed by atoms with Crippen LogP contribution in [0.4, 0.5) is 4.39 Å². The first-order chi connectivity index (χ1) is 15.5. The Morgan fingerprint density at radius 1 is 1.22 bits per heavy atom. The van der Waals surface area contributed by atoms with E-state index >= 15 is 0 Å². The summed E-state index contributed by atoms with van der Waals surface area (Å²) in [4.78, 5) is 30.3. The minimum atomic E-state index is -0.360. The van der Waals surface area contributed by atoms with E-state index in [0.29, 0.717) is 44.0 Å². The van der Waals surface area contributed by atoms with E-state index in [2.05, 4.69) is 10.0 Å². The van der Waals surface area contributed by atoms with E-state index in [1.165, 1.54) is 29.3 Å². The van der Waals surface area contributed by atoms with Crippen molar-refractivity contribution in [1.82, 2.24) is 14.8 Å². The van der Waals surface area contributed by atoms with E-state index in [1.807, 2.05) is 17.5 Å². The Morgan fingerprint density at radius 3 is 2.69 bits per heavy atom. The lowest BCUT2D eigenvalue weighted by molar-refractivity contribution is -0.140. The van der Waals surface area contributed by atoms with Gasteiger partial charge in [0.05, 0.1) is 25.0 Å². The molecule has 9 heteroatoms. The van der Waals surface area contributed by atoms with Crippen molar-refractivity contribution in [3.63, 3.8) is 0 Å². The summed E-state index contributed by atoms with van der Waals surface area (Å²) in [6.45, 7) is 5.57. The number of carbonyl (C=O) groups excluding carboxylic acids is 2. The Bertz CT molecular complexity index is 975. The molecule has 3 heterocycles. The highest BCUT2D eigenvalue weighted by atomic mass is 32.1. The van der Waals surface area contributed by atoms with Crippen molar-refractivity contribution < 1.29 is 18.7 Å². The first kappa shape index (κ1) is 22.6. The number of amides is 2. The standard InChI is InChI=1S/C23H27FN4O3S/c1-17(29)27(9-8-26-10-12-31-13-11-26)16-23(30)28-21(22-7-4-14-32-22)15-20(25-28)18-5-2-3-6-19(18)24/h2-7,14,21H,8-13,15-16H2,1H3/t21-/m1/s1. The second-order valence-corrected chi connectivity index (χ2v) is 8.87. The van der Waals surface area contributed by atoms with Crippen molar-refractivity contribution in [2.75, 3.05) is 45.9 Å². The zero-order valence-corrected chi connectivity index (χ0v) is 18.9. The molecule has 1 fully saturated rings. The lowest BCUT2D eigenvalue weighted by Crippen LogP contribution is -2.45. The molecule has 2 amide bonds. The average Bonchev–Trinajstić information content (AvgIpc) is 3.47. The van der Waals surface area contributed by atoms with Gasteiger partial charge in [-0.2, -0.15) is 5.10 Å². The smallest absolute Gasteiger partial charge is 0.262 e. The molecule has 0 spiro atoms. The molecule has 2 aliphatic rings. The number of carbonyl (C=O) groups is 2. The van der Waals surface area contributed by atoms with Crippen LogP contribution in [0, 0.1) is 5.82 Å². The summed E-state index contributed by atoms with van der Waals surface area (Å²) in [5.74, 6) is -0.787. The lowest BCUT2D eigenvalue weighted by atomic mass is 10.0. The normalized spacial score (nSPS) is 19.1. The van der Waals surface area contributed by atoms with Crippen molar-refractivity contribution in [2.45, 2.75) is 19.4 Å². The average molecular weight is 459 g/mol. The van der Waals surface area contributed by atoms with Crippen molar-refractivity contribution in [1.29, 1.82) is 0 Å². The molecule has 4 rings (SSSR count). The minimum absolute atomic E-state index is 0.0599. The maximum atomic E-state index is 14.4. The van der Waals surface area contributed by atoms with Gasteiger partial charge in [-0.3, -0.25) is 14.5 Å². The predicted molar refractivity (Wildman–Crippen MR) is 121 cm³/mol. The fourth-order valence-corrected chi connectivity index (χ4v) is 4.78. The van der Waals surface area contributed by atoms with Crippen LogP contribution in [-0.4, -0.2) is 78.3 Å². The van der Waals surface area contributed by atoms with Crippen LogP contribution in [0.2, 0.25) is 0 Å². The molecule has 0 N–H and O–H groups in total. The van der Waals surface area contributed by atoms with Gasteiger partial charge < -0.3 is 9.64 Å². The highest BCUT2D eigenvalue weighted by Gasteiger charge is 2.35. The fourth-order valence-electron chi connectivity index (χ4n) is 3.97. The second kappa shape index (κ2) is 10.3. The van der Waals surface area contributed by atoms with E-state index in [9.17, 15) is 14.0 Å². The Morgan fingerprint density at radius 2 is 2.00 bits per heavy atom. The van der Waals surface area contributed by atoms with Crippen LogP contribution in [0.1, 0.15) is 29.8 Å². The number of hydrogen-bond donors (Lipinski definition) is 0. The van der Waals surface area contributed by atoms with Crippen LogP contribution in [0.5, 0.6) is 0 Å². The van der Waals surface area contributed by atoms with E-state index < -0.39 is 0 Å². The quantitative estimate of drug-likeness (QED) is 0.640. The van der Waals surface area contributed by atoms with Crippen LogP contribution < -0.4 is 0 Å². The molecule has 170 valence electrons. The minimum Gasteiger partial charge on any atom is -0.379 e. The molecule has 0 bridgehead atoms. The maximum absolute atomic E-state index is 14.4. The molecule has 2 aromatic rings. The van der Waals surface area contributed by atoms with Gasteiger partial charge in [0, 0.05) is 50.0 Å². The van der Waals surface area contributed by atoms with Gasteiger partial charge in [-0.15, -0.1) is 11.3 Å². The molecule has 1 atom stereocenters. The molecule has 0 radical (unpaired) electrons. The van der Waals surface area contributed by atoms with Gasteiger partial charge in [-0.05, 0) is 17.5 Å². The van der Waals surface area contributed by atoms with Crippen LogP contribution in [-0.2, 0) is 14.3 Å². The predicted octanol–water partition coefficient (Wildman–Crippen LogP) is 2.75. The van der Waals surface area contributed by atoms with Gasteiger partial charge in [0.2, 0.25) is 5.91 Å². The topological polar surface area (TPSA) is 65.5 Å². The van der Waals surface area contributed by atoms with E-state index in [-0.39, 0.29) is 30.2 Å². The number of thiophene rings is 1. The third-order valence-corrected chi connectivity index (χ3v) is 6.76. The third-order valence-electron chi connectivity index (χ3n) is 5.78. The summed E-state index contributed by atoms with van der Waals surface area (Å²) >= 11 is 1.54. The summed E-state index contributed by atoms with van der Waals surface area (Å²) in [6, 6.07) is 10.0. The number of hydrazone groups is 1. The molecule has 7 nitrogen and oxygen atoms in total. The third kappa shape index (κ3) is 5.23. The van der Waals surface area contributed by atoms with Gasteiger partial charge in [0.25, 0.3) is 5.91 Å².